The molecule has 0 bridgehead atoms. The van der Waals surface area contributed by atoms with Gasteiger partial charge in [-0.2, -0.15) is 0 Å². The van der Waals surface area contributed by atoms with Crippen LogP contribution in [0.15, 0.2) is 54.9 Å². The van der Waals surface area contributed by atoms with Gasteiger partial charge in [-0.1, -0.05) is 79.5 Å². The van der Waals surface area contributed by atoms with E-state index in [1.54, 1.807) is 10.7 Å². The summed E-state index contributed by atoms with van der Waals surface area (Å²) in [4.78, 5) is 0. The molecule has 2 aromatic heterocycles. The first-order chi connectivity index (χ1) is 16.1. The second-order valence-corrected chi connectivity index (χ2v) is 15.4. The molecule has 0 fully saturated rings. The zero-order valence-electron chi connectivity index (χ0n) is 20.2. The van der Waals surface area contributed by atoms with Crippen LogP contribution in [0.25, 0.3) is 16.7 Å². The number of benzene rings is 2. The van der Waals surface area contributed by atoms with E-state index in [1.165, 1.54) is 0 Å². The average molecular weight is 518 g/mol. The Kier molecular flexibility index (Phi) is 7.10. The third kappa shape index (κ3) is 5.17. The summed E-state index contributed by atoms with van der Waals surface area (Å²) >= 11 is 13.1. The molecule has 9 heteroatoms. The number of nitrogens with zero attached hydrogens (tertiary/aromatic N) is 4. The summed E-state index contributed by atoms with van der Waals surface area (Å²) in [7, 11) is -1.81. The standard InChI is InChI=1S/C25H30Cl2N4O2Si/c1-25(2,3)34(4,5)33-14-13-30-16-22(28-29-30)31-12-11-19-21(15-20(26)23(27)24(19)31)32-17-18-9-7-6-8-10-18/h6-12,15-16H,13-14,17H2,1-5H3. The largest absolute Gasteiger partial charge is 0.488 e. The molecule has 0 aliphatic heterocycles. The molecule has 0 amide bonds. The fourth-order valence-electron chi connectivity index (χ4n) is 3.39. The maximum atomic E-state index is 6.62. The Morgan fingerprint density at radius 3 is 2.50 bits per heavy atom. The van der Waals surface area contributed by atoms with Crippen LogP contribution in [0, 0.1) is 0 Å². The number of hydrogen-bond acceptors (Lipinski definition) is 4. The predicted molar refractivity (Wildman–Crippen MR) is 141 cm³/mol. The first-order valence-electron chi connectivity index (χ1n) is 11.3. The van der Waals surface area contributed by atoms with Crippen LogP contribution in [-0.4, -0.2) is 34.5 Å². The molecular formula is C25H30Cl2N4O2Si. The zero-order chi connectivity index (χ0) is 24.5. The van der Waals surface area contributed by atoms with Crippen molar-refractivity contribution in [2.75, 3.05) is 6.61 Å². The Hall–Kier alpha value is -2.32. The van der Waals surface area contributed by atoms with E-state index in [9.17, 15) is 0 Å². The van der Waals surface area contributed by atoms with Crippen LogP contribution in [0.5, 0.6) is 5.75 Å². The van der Waals surface area contributed by atoms with Gasteiger partial charge in [0, 0.05) is 17.6 Å². The molecule has 6 nitrogen and oxygen atoms in total. The van der Waals surface area contributed by atoms with Crippen molar-refractivity contribution in [2.45, 2.75) is 52.1 Å². The van der Waals surface area contributed by atoms with E-state index < -0.39 is 8.32 Å². The third-order valence-electron chi connectivity index (χ3n) is 6.43. The molecule has 0 aliphatic rings. The number of hydrogen-bond donors (Lipinski definition) is 0. The average Bonchev–Trinajstić information content (AvgIpc) is 3.42. The van der Waals surface area contributed by atoms with E-state index in [4.69, 9.17) is 32.4 Å². The van der Waals surface area contributed by atoms with Gasteiger partial charge in [0.2, 0.25) is 0 Å². The second-order valence-electron chi connectivity index (χ2n) is 9.84. The van der Waals surface area contributed by atoms with Crippen LogP contribution in [0.2, 0.25) is 28.2 Å². The molecule has 0 atom stereocenters. The Balaban J connectivity index is 1.55. The molecule has 0 N–H and O–H groups in total. The van der Waals surface area contributed by atoms with E-state index >= 15 is 0 Å². The summed E-state index contributed by atoms with van der Waals surface area (Å²) in [6.07, 6.45) is 3.79. The minimum atomic E-state index is -1.81. The van der Waals surface area contributed by atoms with Gasteiger partial charge in [-0.3, -0.25) is 4.57 Å². The van der Waals surface area contributed by atoms with E-state index in [0.29, 0.717) is 41.4 Å². The molecule has 0 spiro atoms. The van der Waals surface area contributed by atoms with Gasteiger partial charge in [0.05, 0.1) is 34.9 Å². The van der Waals surface area contributed by atoms with Crippen LogP contribution in [0.4, 0.5) is 0 Å². The highest BCUT2D eigenvalue weighted by Gasteiger charge is 2.36. The maximum absolute atomic E-state index is 6.62. The monoisotopic (exact) mass is 516 g/mol. The van der Waals surface area contributed by atoms with Crippen molar-refractivity contribution in [3.8, 4) is 11.6 Å². The lowest BCUT2D eigenvalue weighted by Gasteiger charge is -2.36. The predicted octanol–water partition coefficient (Wildman–Crippen LogP) is 7.13. The summed E-state index contributed by atoms with van der Waals surface area (Å²) in [5.41, 5.74) is 1.81. The van der Waals surface area contributed by atoms with Crippen LogP contribution in [-0.2, 0) is 17.6 Å². The van der Waals surface area contributed by atoms with Gasteiger partial charge in [-0.05, 0) is 29.8 Å². The summed E-state index contributed by atoms with van der Waals surface area (Å²) < 4.78 is 16.0. The van der Waals surface area contributed by atoms with Gasteiger partial charge in [0.25, 0.3) is 0 Å². The SMILES string of the molecule is CC(C)(C)[Si](C)(C)OCCn1cc(-n2ccc3c(OCc4ccccc4)cc(Cl)c(Cl)c32)nn1. The van der Waals surface area contributed by atoms with Crippen molar-refractivity contribution in [1.82, 2.24) is 19.6 Å². The quantitative estimate of drug-likeness (QED) is 0.233. The molecule has 4 aromatic rings. The minimum Gasteiger partial charge on any atom is -0.488 e. The van der Waals surface area contributed by atoms with E-state index in [1.807, 2.05) is 53.4 Å². The van der Waals surface area contributed by atoms with E-state index in [0.717, 1.165) is 16.5 Å². The van der Waals surface area contributed by atoms with E-state index in [-0.39, 0.29) is 5.04 Å². The molecular weight excluding hydrogens is 487 g/mol. The van der Waals surface area contributed by atoms with Gasteiger partial charge in [-0.25, -0.2) is 4.68 Å². The molecule has 0 saturated heterocycles. The number of aromatic nitrogens is 4. The fraction of sp³-hybridized carbons (Fsp3) is 0.360. The molecule has 0 saturated carbocycles. The number of rotatable bonds is 8. The van der Waals surface area contributed by atoms with Gasteiger partial charge in [0.15, 0.2) is 14.1 Å². The molecule has 0 aliphatic carbocycles. The number of halogens is 2. The van der Waals surface area contributed by atoms with E-state index in [2.05, 4.69) is 44.2 Å². The smallest absolute Gasteiger partial charge is 0.192 e. The van der Waals surface area contributed by atoms with Gasteiger partial charge in [0.1, 0.15) is 12.4 Å². The Bertz CT molecular complexity index is 1280. The Labute approximate surface area is 211 Å². The zero-order valence-corrected chi connectivity index (χ0v) is 22.7. The van der Waals surface area contributed by atoms with Crippen molar-refractivity contribution in [1.29, 1.82) is 0 Å². The summed E-state index contributed by atoms with van der Waals surface area (Å²) in [5, 5.41) is 10.5. The summed E-state index contributed by atoms with van der Waals surface area (Å²) in [6.45, 7) is 12.8. The normalized spacial score (nSPS) is 12.4. The third-order valence-corrected chi connectivity index (χ3v) is 11.7. The first kappa shape index (κ1) is 24.8. The number of fused-ring (bicyclic) bond motifs is 1. The lowest BCUT2D eigenvalue weighted by molar-refractivity contribution is 0.264. The highest BCUT2D eigenvalue weighted by atomic mass is 35.5. The van der Waals surface area contributed by atoms with Gasteiger partial charge < -0.3 is 9.16 Å². The minimum absolute atomic E-state index is 0.168. The highest BCUT2D eigenvalue weighted by molar-refractivity contribution is 6.74. The molecule has 4 rings (SSSR count). The maximum Gasteiger partial charge on any atom is 0.192 e. The lowest BCUT2D eigenvalue weighted by atomic mass is 10.2. The Morgan fingerprint density at radius 1 is 1.06 bits per heavy atom. The van der Waals surface area contributed by atoms with Crippen LogP contribution >= 0.6 is 23.2 Å². The first-order valence-corrected chi connectivity index (χ1v) is 14.9. The van der Waals surface area contributed by atoms with Crippen LogP contribution in [0.1, 0.15) is 26.3 Å². The Morgan fingerprint density at radius 2 is 1.79 bits per heavy atom. The van der Waals surface area contributed by atoms with Crippen molar-refractivity contribution >= 4 is 42.4 Å². The molecule has 2 heterocycles. The molecule has 2 aromatic carbocycles. The van der Waals surface area contributed by atoms with Crippen molar-refractivity contribution in [3.05, 3.63) is 70.5 Å². The van der Waals surface area contributed by atoms with Gasteiger partial charge >= 0.3 is 0 Å². The van der Waals surface area contributed by atoms with Crippen LogP contribution < -0.4 is 4.74 Å². The van der Waals surface area contributed by atoms with Gasteiger partial charge in [-0.15, -0.1) is 5.10 Å². The van der Waals surface area contributed by atoms with Crippen molar-refractivity contribution in [3.63, 3.8) is 0 Å². The highest BCUT2D eigenvalue weighted by Crippen LogP contribution is 2.39. The second kappa shape index (κ2) is 9.74. The van der Waals surface area contributed by atoms with Crippen LogP contribution in [0.3, 0.4) is 0 Å². The number of ether oxygens (including phenoxy) is 1. The van der Waals surface area contributed by atoms with Crippen molar-refractivity contribution in [2.24, 2.45) is 0 Å². The summed E-state index contributed by atoms with van der Waals surface area (Å²) in [6, 6.07) is 13.7. The van der Waals surface area contributed by atoms with Crippen molar-refractivity contribution < 1.29 is 9.16 Å². The topological polar surface area (TPSA) is 54.1 Å². The molecule has 34 heavy (non-hydrogen) atoms. The fourth-order valence-corrected chi connectivity index (χ4v) is 4.86. The molecule has 180 valence electrons. The molecule has 0 unspecified atom stereocenters. The lowest BCUT2D eigenvalue weighted by Crippen LogP contribution is -2.41. The summed E-state index contributed by atoms with van der Waals surface area (Å²) in [5.74, 6) is 1.32. The molecule has 0 radical (unpaired) electrons.